The maximum atomic E-state index is 12.8. The van der Waals surface area contributed by atoms with Gasteiger partial charge in [-0.15, -0.1) is 0 Å². The Hall–Kier alpha value is -1.40. The van der Waals surface area contributed by atoms with Crippen LogP contribution >= 0.6 is 0 Å². The SMILES string of the molecule is CO[C@@H]1CCN(C(=O)CC2(OC)CCC2)[C@H]1Cc1cnn(C)c1. The van der Waals surface area contributed by atoms with E-state index in [2.05, 4.69) is 5.10 Å². The van der Waals surface area contributed by atoms with E-state index in [1.54, 1.807) is 18.9 Å². The van der Waals surface area contributed by atoms with E-state index in [4.69, 9.17) is 9.47 Å². The molecule has 1 aliphatic carbocycles. The van der Waals surface area contributed by atoms with Crippen LogP contribution in [-0.2, 0) is 27.7 Å². The van der Waals surface area contributed by atoms with Gasteiger partial charge in [-0.25, -0.2) is 0 Å². The highest BCUT2D eigenvalue weighted by atomic mass is 16.5. The average molecular weight is 321 g/mol. The van der Waals surface area contributed by atoms with Crippen molar-refractivity contribution >= 4 is 5.91 Å². The lowest BCUT2D eigenvalue weighted by molar-refractivity contribution is -0.145. The molecule has 0 radical (unpaired) electrons. The molecule has 0 spiro atoms. The van der Waals surface area contributed by atoms with Crippen LogP contribution < -0.4 is 0 Å². The summed E-state index contributed by atoms with van der Waals surface area (Å²) in [6.45, 7) is 0.766. The van der Waals surface area contributed by atoms with Crippen molar-refractivity contribution in [2.45, 2.75) is 56.3 Å². The zero-order chi connectivity index (χ0) is 16.4. The van der Waals surface area contributed by atoms with Crippen LogP contribution in [0.5, 0.6) is 0 Å². The molecule has 3 rings (SSSR count). The lowest BCUT2D eigenvalue weighted by Crippen LogP contribution is -2.48. The van der Waals surface area contributed by atoms with Gasteiger partial charge in [0.2, 0.25) is 5.91 Å². The monoisotopic (exact) mass is 321 g/mol. The molecular weight excluding hydrogens is 294 g/mol. The third-order valence-corrected chi connectivity index (χ3v) is 5.48. The second-order valence-corrected chi connectivity index (χ2v) is 6.86. The van der Waals surface area contributed by atoms with E-state index in [1.807, 2.05) is 24.3 Å². The van der Waals surface area contributed by atoms with Gasteiger partial charge in [0, 0.05) is 34.0 Å². The van der Waals surface area contributed by atoms with Gasteiger partial charge in [0.05, 0.1) is 30.4 Å². The molecule has 1 amide bonds. The highest BCUT2D eigenvalue weighted by molar-refractivity contribution is 5.78. The van der Waals surface area contributed by atoms with Gasteiger partial charge in [0.1, 0.15) is 0 Å². The molecule has 0 bridgehead atoms. The molecule has 0 unspecified atom stereocenters. The molecule has 1 aliphatic heterocycles. The minimum absolute atomic E-state index is 0.0886. The van der Waals surface area contributed by atoms with E-state index >= 15 is 0 Å². The summed E-state index contributed by atoms with van der Waals surface area (Å²) in [4.78, 5) is 14.8. The van der Waals surface area contributed by atoms with Crippen molar-refractivity contribution < 1.29 is 14.3 Å². The van der Waals surface area contributed by atoms with Gasteiger partial charge in [-0.05, 0) is 37.7 Å². The first-order valence-electron chi connectivity index (χ1n) is 8.42. The Balaban J connectivity index is 1.70. The number of likely N-dealkylation sites (tertiary alicyclic amines) is 1. The van der Waals surface area contributed by atoms with Crippen LogP contribution in [0.3, 0.4) is 0 Å². The summed E-state index contributed by atoms with van der Waals surface area (Å²) in [6.07, 6.45) is 9.29. The van der Waals surface area contributed by atoms with Gasteiger partial charge in [0.25, 0.3) is 0 Å². The molecule has 6 nitrogen and oxygen atoms in total. The molecule has 1 saturated heterocycles. The second kappa shape index (κ2) is 6.61. The first-order chi connectivity index (χ1) is 11.1. The van der Waals surface area contributed by atoms with Crippen molar-refractivity contribution in [1.82, 2.24) is 14.7 Å². The van der Waals surface area contributed by atoms with Crippen LogP contribution in [0.4, 0.5) is 0 Å². The molecule has 1 aromatic heterocycles. The maximum Gasteiger partial charge on any atom is 0.225 e. The van der Waals surface area contributed by atoms with Crippen LogP contribution in [0, 0.1) is 0 Å². The molecule has 2 atom stereocenters. The highest BCUT2D eigenvalue weighted by Crippen LogP contribution is 2.39. The van der Waals surface area contributed by atoms with Crippen molar-refractivity contribution in [3.63, 3.8) is 0 Å². The number of hydrogen-bond donors (Lipinski definition) is 0. The number of ether oxygens (including phenoxy) is 2. The zero-order valence-corrected chi connectivity index (χ0v) is 14.3. The number of aryl methyl sites for hydroxylation is 1. The largest absolute Gasteiger partial charge is 0.379 e. The van der Waals surface area contributed by atoms with Crippen LogP contribution in [0.15, 0.2) is 12.4 Å². The van der Waals surface area contributed by atoms with Crippen molar-refractivity contribution in [1.29, 1.82) is 0 Å². The standard InChI is InChI=1S/C17H27N3O3/c1-19-12-13(11-18-19)9-14-15(22-2)5-8-20(14)16(21)10-17(23-3)6-4-7-17/h11-12,14-15H,4-10H2,1-3H3/t14-,15+/m0/s1. The molecule has 6 heteroatoms. The topological polar surface area (TPSA) is 56.6 Å². The van der Waals surface area contributed by atoms with E-state index in [9.17, 15) is 4.79 Å². The smallest absolute Gasteiger partial charge is 0.225 e. The molecule has 2 aliphatic rings. The summed E-state index contributed by atoms with van der Waals surface area (Å²) >= 11 is 0. The fourth-order valence-corrected chi connectivity index (χ4v) is 3.87. The van der Waals surface area contributed by atoms with Gasteiger partial charge in [0.15, 0.2) is 0 Å². The first kappa shape index (κ1) is 16.5. The average Bonchev–Trinajstić information content (AvgIpc) is 3.09. The fraction of sp³-hybridized carbons (Fsp3) is 0.765. The summed E-state index contributed by atoms with van der Waals surface area (Å²) in [5, 5.41) is 4.23. The fourth-order valence-electron chi connectivity index (χ4n) is 3.87. The Morgan fingerprint density at radius 2 is 2.22 bits per heavy atom. The van der Waals surface area contributed by atoms with Crippen LogP contribution in [0.1, 0.15) is 37.7 Å². The predicted octanol–water partition coefficient (Wildman–Crippen LogP) is 1.54. The van der Waals surface area contributed by atoms with E-state index in [0.717, 1.165) is 44.2 Å². The summed E-state index contributed by atoms with van der Waals surface area (Å²) < 4.78 is 13.0. The number of carbonyl (C=O) groups excluding carboxylic acids is 1. The molecule has 2 fully saturated rings. The Labute approximate surface area is 137 Å². The lowest BCUT2D eigenvalue weighted by atomic mass is 9.77. The zero-order valence-electron chi connectivity index (χ0n) is 14.3. The summed E-state index contributed by atoms with van der Waals surface area (Å²) in [5.41, 5.74) is 0.922. The van der Waals surface area contributed by atoms with Gasteiger partial charge < -0.3 is 14.4 Å². The Bertz CT molecular complexity index is 548. The normalized spacial score (nSPS) is 26.3. The molecule has 1 saturated carbocycles. The van der Waals surface area contributed by atoms with Gasteiger partial charge in [-0.2, -0.15) is 5.10 Å². The van der Waals surface area contributed by atoms with Gasteiger partial charge in [-0.3, -0.25) is 9.48 Å². The molecule has 2 heterocycles. The number of amides is 1. The van der Waals surface area contributed by atoms with Crippen LogP contribution in [0.2, 0.25) is 0 Å². The lowest BCUT2D eigenvalue weighted by Gasteiger charge is -2.41. The molecule has 23 heavy (non-hydrogen) atoms. The van der Waals surface area contributed by atoms with Crippen molar-refractivity contribution in [2.75, 3.05) is 20.8 Å². The minimum atomic E-state index is -0.221. The van der Waals surface area contributed by atoms with Gasteiger partial charge >= 0.3 is 0 Å². The third-order valence-electron chi connectivity index (χ3n) is 5.48. The van der Waals surface area contributed by atoms with E-state index in [1.165, 1.54) is 0 Å². The summed E-state index contributed by atoms with van der Waals surface area (Å²) in [7, 11) is 5.37. The van der Waals surface area contributed by atoms with E-state index in [-0.39, 0.29) is 23.7 Å². The molecule has 0 aromatic carbocycles. The second-order valence-electron chi connectivity index (χ2n) is 6.86. The number of aromatic nitrogens is 2. The molecular formula is C17H27N3O3. The summed E-state index contributed by atoms with van der Waals surface area (Å²) in [6, 6.07) is 0.0886. The van der Waals surface area contributed by atoms with Crippen molar-refractivity contribution in [3.05, 3.63) is 18.0 Å². The van der Waals surface area contributed by atoms with Gasteiger partial charge in [-0.1, -0.05) is 0 Å². The number of nitrogens with zero attached hydrogens (tertiary/aromatic N) is 3. The van der Waals surface area contributed by atoms with E-state index < -0.39 is 0 Å². The van der Waals surface area contributed by atoms with Crippen molar-refractivity contribution in [3.8, 4) is 0 Å². The quantitative estimate of drug-likeness (QED) is 0.797. The Morgan fingerprint density at radius 3 is 2.74 bits per heavy atom. The highest BCUT2D eigenvalue weighted by Gasteiger charge is 2.43. The van der Waals surface area contributed by atoms with E-state index in [0.29, 0.717) is 6.42 Å². The van der Waals surface area contributed by atoms with Crippen LogP contribution in [0.25, 0.3) is 0 Å². The number of hydrogen-bond acceptors (Lipinski definition) is 4. The Kier molecular flexibility index (Phi) is 4.73. The number of rotatable bonds is 6. The van der Waals surface area contributed by atoms with Crippen LogP contribution in [-0.4, -0.2) is 59.1 Å². The Morgan fingerprint density at radius 1 is 1.43 bits per heavy atom. The maximum absolute atomic E-state index is 12.8. The molecule has 0 N–H and O–H groups in total. The van der Waals surface area contributed by atoms with Crippen molar-refractivity contribution in [2.24, 2.45) is 7.05 Å². The predicted molar refractivity (Wildman–Crippen MR) is 86.0 cm³/mol. The number of carbonyl (C=O) groups is 1. The summed E-state index contributed by atoms with van der Waals surface area (Å²) in [5.74, 6) is 0.194. The molecule has 1 aromatic rings. The number of methoxy groups -OCH3 is 2. The molecule has 128 valence electrons. The minimum Gasteiger partial charge on any atom is -0.379 e. The third kappa shape index (κ3) is 3.28. The first-order valence-corrected chi connectivity index (χ1v) is 8.42.